The first-order valence-electron chi connectivity index (χ1n) is 11.4. The van der Waals surface area contributed by atoms with Crippen LogP contribution in [0.2, 0.25) is 0 Å². The van der Waals surface area contributed by atoms with E-state index in [1.165, 1.54) is 37.8 Å². The summed E-state index contributed by atoms with van der Waals surface area (Å²) in [5.74, 6) is 0.797. The third-order valence-electron chi connectivity index (χ3n) is 6.00. The summed E-state index contributed by atoms with van der Waals surface area (Å²) in [4.78, 5) is 18.6. The van der Waals surface area contributed by atoms with E-state index >= 15 is 0 Å². The lowest BCUT2D eigenvalue weighted by atomic mass is 9.92. The Morgan fingerprint density at radius 1 is 1.27 bits per heavy atom. The molecule has 0 bridgehead atoms. The van der Waals surface area contributed by atoms with Crippen LogP contribution in [0.15, 0.2) is 23.2 Å². The molecule has 1 aliphatic carbocycles. The predicted molar refractivity (Wildman–Crippen MR) is 129 cm³/mol. The average Bonchev–Trinajstić information content (AvgIpc) is 3.11. The molecule has 2 N–H and O–H groups in total. The van der Waals surface area contributed by atoms with Crippen LogP contribution in [0.4, 0.5) is 11.4 Å². The van der Waals surface area contributed by atoms with E-state index in [4.69, 9.17) is 4.99 Å². The number of nitrogens with one attached hydrogen (secondary N) is 1. The summed E-state index contributed by atoms with van der Waals surface area (Å²) in [6.07, 6.45) is 6.58. The number of carboxylic acid groups (broad SMARTS) is 1. The normalized spacial score (nSPS) is 20.8. The minimum atomic E-state index is -0.755. The molecule has 1 unspecified atom stereocenters. The van der Waals surface area contributed by atoms with Crippen molar-refractivity contribution in [2.75, 3.05) is 22.5 Å². The van der Waals surface area contributed by atoms with Gasteiger partial charge in [-0.25, -0.2) is 0 Å². The lowest BCUT2D eigenvalue weighted by molar-refractivity contribution is -0.137. The number of hydrogen-bond donors (Lipinski definition) is 2. The Morgan fingerprint density at radius 2 is 2.00 bits per heavy atom. The second-order valence-corrected chi connectivity index (χ2v) is 10.3. The van der Waals surface area contributed by atoms with E-state index in [1.54, 1.807) is 11.8 Å². The van der Waals surface area contributed by atoms with Crippen molar-refractivity contribution in [2.24, 2.45) is 10.9 Å². The number of nitrogens with zero attached hydrogens (tertiary/aromatic N) is 2. The van der Waals surface area contributed by atoms with Gasteiger partial charge in [-0.2, -0.15) is 0 Å². The SMILES string of the molecule is CC(C)CN(c1ccc(C(C)CC(=O)O)cc1NC1=N[C@@H](C)CS1)C1CCCCC1. The molecular weight excluding hydrogens is 394 g/mol. The van der Waals surface area contributed by atoms with Crippen LogP contribution in [0.1, 0.15) is 77.7 Å². The zero-order valence-corrected chi connectivity index (χ0v) is 19.7. The smallest absolute Gasteiger partial charge is 0.303 e. The zero-order chi connectivity index (χ0) is 21.7. The highest BCUT2D eigenvalue weighted by Crippen LogP contribution is 2.37. The number of hydrogen-bond acceptors (Lipinski definition) is 5. The van der Waals surface area contributed by atoms with E-state index in [9.17, 15) is 9.90 Å². The van der Waals surface area contributed by atoms with Crippen LogP contribution in [0.3, 0.4) is 0 Å². The highest BCUT2D eigenvalue weighted by molar-refractivity contribution is 8.14. The van der Waals surface area contributed by atoms with E-state index in [0.717, 1.165) is 28.7 Å². The minimum absolute atomic E-state index is 0.0255. The quantitative estimate of drug-likeness (QED) is 0.531. The molecule has 1 aromatic carbocycles. The van der Waals surface area contributed by atoms with Gasteiger partial charge in [0.05, 0.1) is 23.8 Å². The molecule has 1 fully saturated rings. The van der Waals surface area contributed by atoms with E-state index in [-0.39, 0.29) is 12.3 Å². The topological polar surface area (TPSA) is 64.9 Å². The van der Waals surface area contributed by atoms with Gasteiger partial charge in [0.1, 0.15) is 0 Å². The number of carboxylic acids is 1. The van der Waals surface area contributed by atoms with E-state index in [2.05, 4.69) is 49.2 Å². The summed E-state index contributed by atoms with van der Waals surface area (Å²) in [6, 6.07) is 7.39. The summed E-state index contributed by atoms with van der Waals surface area (Å²) < 4.78 is 0. The first-order chi connectivity index (χ1) is 14.3. The van der Waals surface area contributed by atoms with Gasteiger partial charge in [0, 0.05) is 18.3 Å². The number of anilines is 2. The molecule has 0 amide bonds. The average molecular weight is 432 g/mol. The zero-order valence-electron chi connectivity index (χ0n) is 18.9. The fourth-order valence-corrected chi connectivity index (χ4v) is 5.39. The summed E-state index contributed by atoms with van der Waals surface area (Å²) in [6.45, 7) is 9.72. The molecule has 6 heteroatoms. The largest absolute Gasteiger partial charge is 0.481 e. The van der Waals surface area contributed by atoms with Gasteiger partial charge >= 0.3 is 5.97 Å². The predicted octanol–water partition coefficient (Wildman–Crippen LogP) is 5.96. The van der Waals surface area contributed by atoms with Gasteiger partial charge in [-0.1, -0.05) is 57.9 Å². The molecule has 1 heterocycles. The molecule has 3 rings (SSSR count). The number of carbonyl (C=O) groups is 1. The Morgan fingerprint density at radius 3 is 2.60 bits per heavy atom. The van der Waals surface area contributed by atoms with E-state index < -0.39 is 5.97 Å². The Balaban J connectivity index is 1.96. The Hall–Kier alpha value is -1.69. The first-order valence-corrected chi connectivity index (χ1v) is 12.4. The minimum Gasteiger partial charge on any atom is -0.481 e. The van der Waals surface area contributed by atoms with Crippen LogP contribution in [-0.4, -0.2) is 40.6 Å². The third kappa shape index (κ3) is 6.16. The molecule has 1 aromatic rings. The molecule has 5 nitrogen and oxygen atoms in total. The number of aliphatic carboxylic acids is 1. The fraction of sp³-hybridized carbons (Fsp3) is 0.667. The van der Waals surface area contributed by atoms with Crippen molar-refractivity contribution < 1.29 is 9.90 Å². The van der Waals surface area contributed by atoms with Crippen LogP contribution in [0.25, 0.3) is 0 Å². The molecule has 2 aliphatic rings. The van der Waals surface area contributed by atoms with Gasteiger partial charge in [0.25, 0.3) is 0 Å². The highest BCUT2D eigenvalue weighted by atomic mass is 32.2. The fourth-order valence-electron chi connectivity index (χ4n) is 4.48. The summed E-state index contributed by atoms with van der Waals surface area (Å²) >= 11 is 1.77. The number of aliphatic imine (C=N–C) groups is 1. The molecule has 30 heavy (non-hydrogen) atoms. The molecule has 0 radical (unpaired) electrons. The van der Waals surface area contributed by atoms with Crippen molar-refractivity contribution in [1.82, 2.24) is 0 Å². The van der Waals surface area contributed by atoms with Crippen molar-refractivity contribution in [2.45, 2.75) is 84.2 Å². The van der Waals surface area contributed by atoms with Gasteiger partial charge in [-0.3, -0.25) is 9.79 Å². The van der Waals surface area contributed by atoms with Crippen molar-refractivity contribution in [3.63, 3.8) is 0 Å². The molecular formula is C24H37N3O2S. The standard InChI is InChI=1S/C24H37N3O2S/c1-16(2)14-27(20-8-6-5-7-9-20)22-11-10-19(17(3)12-23(28)29)13-21(22)26-24-25-18(4)15-30-24/h10-11,13,16-18,20H,5-9,12,14-15H2,1-4H3,(H,25,26)(H,28,29)/t17?,18-/m0/s1. The summed E-state index contributed by atoms with van der Waals surface area (Å²) in [7, 11) is 0. The molecule has 0 aromatic heterocycles. The maximum Gasteiger partial charge on any atom is 0.303 e. The number of thioether (sulfide) groups is 1. The van der Waals surface area contributed by atoms with E-state index in [1.807, 2.05) is 6.92 Å². The van der Waals surface area contributed by atoms with Gasteiger partial charge in [0.15, 0.2) is 5.17 Å². The van der Waals surface area contributed by atoms with Gasteiger partial charge in [-0.05, 0) is 49.3 Å². The van der Waals surface area contributed by atoms with Crippen LogP contribution < -0.4 is 10.2 Å². The Kier molecular flexibility index (Phi) is 8.09. The van der Waals surface area contributed by atoms with Gasteiger partial charge in [0.2, 0.25) is 0 Å². The van der Waals surface area contributed by atoms with Crippen LogP contribution >= 0.6 is 11.8 Å². The lowest BCUT2D eigenvalue weighted by Crippen LogP contribution is -2.39. The van der Waals surface area contributed by atoms with Crippen LogP contribution in [0.5, 0.6) is 0 Å². The van der Waals surface area contributed by atoms with Crippen molar-refractivity contribution >= 4 is 34.3 Å². The van der Waals surface area contributed by atoms with E-state index in [0.29, 0.717) is 18.0 Å². The summed E-state index contributed by atoms with van der Waals surface area (Å²) in [5.41, 5.74) is 3.36. The molecule has 0 saturated heterocycles. The third-order valence-corrected chi connectivity index (χ3v) is 7.13. The van der Waals surface area contributed by atoms with Crippen LogP contribution in [0, 0.1) is 5.92 Å². The van der Waals surface area contributed by atoms with Crippen molar-refractivity contribution in [3.05, 3.63) is 23.8 Å². The Labute approximate surface area is 185 Å². The molecule has 166 valence electrons. The number of rotatable bonds is 8. The lowest BCUT2D eigenvalue weighted by Gasteiger charge is -2.38. The number of amidine groups is 1. The number of benzene rings is 1. The van der Waals surface area contributed by atoms with Crippen LogP contribution in [-0.2, 0) is 4.79 Å². The first kappa shape index (κ1) is 23.0. The maximum atomic E-state index is 11.2. The maximum absolute atomic E-state index is 11.2. The highest BCUT2D eigenvalue weighted by Gasteiger charge is 2.26. The molecule has 1 aliphatic heterocycles. The monoisotopic (exact) mass is 431 g/mol. The Bertz CT molecular complexity index is 759. The van der Waals surface area contributed by atoms with Crippen molar-refractivity contribution in [1.29, 1.82) is 0 Å². The molecule has 0 spiro atoms. The molecule has 1 saturated carbocycles. The second kappa shape index (κ2) is 10.6. The van der Waals surface area contributed by atoms with Gasteiger partial charge in [-0.15, -0.1) is 0 Å². The van der Waals surface area contributed by atoms with Gasteiger partial charge < -0.3 is 15.3 Å². The summed E-state index contributed by atoms with van der Waals surface area (Å²) in [5, 5.41) is 13.8. The van der Waals surface area contributed by atoms with Crippen molar-refractivity contribution in [3.8, 4) is 0 Å². The second-order valence-electron chi connectivity index (χ2n) is 9.33. The molecule has 2 atom stereocenters.